The largest absolute Gasteiger partial charge is 0.447 e. The molecule has 23 heavy (non-hydrogen) atoms. The van der Waals surface area contributed by atoms with Crippen molar-refractivity contribution in [1.29, 1.82) is 0 Å². The van der Waals surface area contributed by atoms with E-state index in [0.29, 0.717) is 19.0 Å². The smallest absolute Gasteiger partial charge is 0.416 e. The van der Waals surface area contributed by atoms with E-state index in [2.05, 4.69) is 9.97 Å². The lowest BCUT2D eigenvalue weighted by atomic mass is 9.95. The first-order valence-corrected chi connectivity index (χ1v) is 7.93. The molecule has 1 aromatic rings. The van der Waals surface area contributed by atoms with Crippen LogP contribution in [-0.4, -0.2) is 52.1 Å². The highest BCUT2D eigenvalue weighted by Crippen LogP contribution is 2.31. The zero-order chi connectivity index (χ0) is 16.6. The molecule has 0 aliphatic carbocycles. The number of hydrogen-bond donors (Lipinski definition) is 0. The average Bonchev–Trinajstić information content (AvgIpc) is 2.81. The second-order valence-corrected chi connectivity index (χ2v) is 6.81. The summed E-state index contributed by atoms with van der Waals surface area (Å²) in [5.74, 6) is 0.750. The molecule has 3 rings (SSSR count). The van der Waals surface area contributed by atoms with Crippen LogP contribution in [0.4, 0.5) is 10.6 Å². The predicted molar refractivity (Wildman–Crippen MR) is 84.2 cm³/mol. The van der Waals surface area contributed by atoms with E-state index >= 15 is 0 Å². The van der Waals surface area contributed by atoms with Gasteiger partial charge in [-0.25, -0.2) is 9.78 Å². The van der Waals surface area contributed by atoms with Gasteiger partial charge in [-0.2, -0.15) is 0 Å². The quantitative estimate of drug-likeness (QED) is 0.833. The summed E-state index contributed by atoms with van der Waals surface area (Å²) in [6.45, 7) is 7.24. The highest BCUT2D eigenvalue weighted by molar-refractivity contribution is 5.90. The fourth-order valence-corrected chi connectivity index (χ4v) is 3.20. The highest BCUT2D eigenvalue weighted by Gasteiger charge is 2.42. The van der Waals surface area contributed by atoms with Crippen LogP contribution in [0, 0.1) is 0 Å². The van der Waals surface area contributed by atoms with Crippen molar-refractivity contribution in [2.75, 3.05) is 24.6 Å². The monoisotopic (exact) mass is 318 g/mol. The number of cyclic esters (lactones) is 1. The molecular weight excluding hydrogens is 296 g/mol. The minimum absolute atomic E-state index is 0.0862. The summed E-state index contributed by atoms with van der Waals surface area (Å²) in [6, 6.07) is 0. The first-order valence-electron chi connectivity index (χ1n) is 7.93. The Bertz CT molecular complexity index is 632. The molecule has 1 atom stereocenters. The number of rotatable bonds is 2. The third-order valence-corrected chi connectivity index (χ3v) is 4.49. The van der Waals surface area contributed by atoms with E-state index in [1.807, 2.05) is 18.7 Å². The Morgan fingerprint density at radius 3 is 2.83 bits per heavy atom. The van der Waals surface area contributed by atoms with E-state index in [-0.39, 0.29) is 11.8 Å². The number of carbonyl (C=O) groups excluding carboxylic acids is 2. The summed E-state index contributed by atoms with van der Waals surface area (Å²) in [5.41, 5.74) is 0.381. The van der Waals surface area contributed by atoms with Gasteiger partial charge in [0.2, 0.25) is 5.91 Å². The van der Waals surface area contributed by atoms with Crippen molar-refractivity contribution in [3.8, 4) is 0 Å². The second kappa shape index (κ2) is 5.79. The van der Waals surface area contributed by atoms with E-state index in [1.54, 1.807) is 24.2 Å². The summed E-state index contributed by atoms with van der Waals surface area (Å²) >= 11 is 0. The fourth-order valence-electron chi connectivity index (χ4n) is 3.20. The second-order valence-electron chi connectivity index (χ2n) is 6.81. The maximum Gasteiger partial charge on any atom is 0.416 e. The van der Waals surface area contributed by atoms with Crippen LogP contribution in [0.5, 0.6) is 0 Å². The van der Waals surface area contributed by atoms with Crippen molar-refractivity contribution in [3.63, 3.8) is 0 Å². The van der Waals surface area contributed by atoms with Crippen LogP contribution in [0.15, 0.2) is 12.4 Å². The lowest BCUT2D eigenvalue weighted by Gasteiger charge is -2.32. The minimum Gasteiger partial charge on any atom is -0.447 e. The van der Waals surface area contributed by atoms with Gasteiger partial charge in [0.1, 0.15) is 6.61 Å². The Hall–Kier alpha value is -2.18. The molecule has 0 aromatic carbocycles. The Morgan fingerprint density at radius 2 is 2.17 bits per heavy atom. The maximum atomic E-state index is 12.0. The number of likely N-dealkylation sites (tertiary alicyclic amines) is 1. The molecule has 2 aliphatic rings. The highest BCUT2D eigenvalue weighted by atomic mass is 16.6. The molecule has 0 radical (unpaired) electrons. The van der Waals surface area contributed by atoms with Crippen LogP contribution >= 0.6 is 0 Å². The SMILES string of the molecule is CC(=O)N1CCC[C@@H](c2cncc(N3C(=O)OCC3(C)C)n2)C1. The van der Waals surface area contributed by atoms with Gasteiger partial charge in [0.15, 0.2) is 5.82 Å². The van der Waals surface area contributed by atoms with Crippen LogP contribution in [0.1, 0.15) is 45.2 Å². The van der Waals surface area contributed by atoms with Gasteiger partial charge in [-0.1, -0.05) is 0 Å². The van der Waals surface area contributed by atoms with Crippen molar-refractivity contribution in [1.82, 2.24) is 14.9 Å². The molecule has 0 bridgehead atoms. The molecule has 3 heterocycles. The number of aromatic nitrogens is 2. The van der Waals surface area contributed by atoms with E-state index in [9.17, 15) is 9.59 Å². The standard InChI is InChI=1S/C16H22N4O3/c1-11(21)19-6-4-5-12(9-19)13-7-17-8-14(18-13)20-15(22)23-10-16(20,2)3/h7-8,12H,4-6,9-10H2,1-3H3/t12-/m1/s1. The molecule has 0 N–H and O–H groups in total. The Labute approximate surface area is 135 Å². The van der Waals surface area contributed by atoms with E-state index in [1.165, 1.54) is 0 Å². The summed E-state index contributed by atoms with van der Waals surface area (Å²) in [5, 5.41) is 0. The lowest BCUT2D eigenvalue weighted by molar-refractivity contribution is -0.130. The van der Waals surface area contributed by atoms with Crippen molar-refractivity contribution < 1.29 is 14.3 Å². The molecular formula is C16H22N4O3. The molecule has 0 saturated carbocycles. The van der Waals surface area contributed by atoms with E-state index < -0.39 is 11.6 Å². The number of nitrogens with zero attached hydrogens (tertiary/aromatic N) is 4. The Morgan fingerprint density at radius 1 is 1.39 bits per heavy atom. The van der Waals surface area contributed by atoms with Gasteiger partial charge < -0.3 is 9.64 Å². The van der Waals surface area contributed by atoms with Crippen LogP contribution in [-0.2, 0) is 9.53 Å². The van der Waals surface area contributed by atoms with Gasteiger partial charge in [0.25, 0.3) is 0 Å². The van der Waals surface area contributed by atoms with Crippen LogP contribution in [0.3, 0.4) is 0 Å². The topological polar surface area (TPSA) is 75.6 Å². The summed E-state index contributed by atoms with van der Waals surface area (Å²) in [7, 11) is 0. The molecule has 1 aromatic heterocycles. The van der Waals surface area contributed by atoms with Crippen LogP contribution in [0.2, 0.25) is 0 Å². The zero-order valence-corrected chi connectivity index (χ0v) is 13.8. The van der Waals surface area contributed by atoms with Crippen LogP contribution in [0.25, 0.3) is 0 Å². The summed E-state index contributed by atoms with van der Waals surface area (Å²) < 4.78 is 5.14. The molecule has 2 amide bonds. The van der Waals surface area contributed by atoms with E-state index in [0.717, 1.165) is 25.1 Å². The lowest BCUT2D eigenvalue weighted by Crippen LogP contribution is -2.43. The van der Waals surface area contributed by atoms with Gasteiger partial charge in [-0.05, 0) is 26.7 Å². The van der Waals surface area contributed by atoms with Gasteiger partial charge in [-0.15, -0.1) is 0 Å². The molecule has 7 nitrogen and oxygen atoms in total. The first-order chi connectivity index (χ1) is 10.9. The fraction of sp³-hybridized carbons (Fsp3) is 0.625. The number of anilines is 1. The number of piperidine rings is 1. The molecule has 0 unspecified atom stereocenters. The van der Waals surface area contributed by atoms with Gasteiger partial charge in [0, 0.05) is 32.1 Å². The third kappa shape index (κ3) is 3.00. The minimum atomic E-state index is -0.442. The van der Waals surface area contributed by atoms with E-state index in [4.69, 9.17) is 4.74 Å². The molecule has 2 fully saturated rings. The number of ether oxygens (including phenoxy) is 1. The van der Waals surface area contributed by atoms with Crippen molar-refractivity contribution in [3.05, 3.63) is 18.1 Å². The molecule has 124 valence electrons. The Kier molecular flexibility index (Phi) is 3.95. The molecule has 7 heteroatoms. The third-order valence-electron chi connectivity index (χ3n) is 4.49. The average molecular weight is 318 g/mol. The van der Waals surface area contributed by atoms with Gasteiger partial charge >= 0.3 is 6.09 Å². The van der Waals surface area contributed by atoms with Crippen molar-refractivity contribution in [2.45, 2.75) is 45.1 Å². The maximum absolute atomic E-state index is 12.0. The number of carbonyl (C=O) groups is 2. The number of hydrogen-bond acceptors (Lipinski definition) is 5. The van der Waals surface area contributed by atoms with Gasteiger partial charge in [-0.3, -0.25) is 14.7 Å². The predicted octanol–water partition coefficient (Wildman–Crippen LogP) is 1.94. The normalized spacial score (nSPS) is 23.8. The Balaban J connectivity index is 1.85. The molecule has 2 aliphatic heterocycles. The van der Waals surface area contributed by atoms with Crippen molar-refractivity contribution in [2.24, 2.45) is 0 Å². The zero-order valence-electron chi connectivity index (χ0n) is 13.8. The van der Waals surface area contributed by atoms with Crippen LogP contribution < -0.4 is 4.90 Å². The molecule has 2 saturated heterocycles. The number of amides is 2. The van der Waals surface area contributed by atoms with Crippen molar-refractivity contribution >= 4 is 17.8 Å². The first kappa shape index (κ1) is 15.7. The summed E-state index contributed by atoms with van der Waals surface area (Å²) in [4.78, 5) is 35.9. The molecule has 0 spiro atoms. The summed E-state index contributed by atoms with van der Waals surface area (Å²) in [6.07, 6.45) is 4.84. The van der Waals surface area contributed by atoms with Gasteiger partial charge in [0.05, 0.1) is 17.4 Å².